The third kappa shape index (κ3) is 10.5. The SMILES string of the molecule is CC(=O)OC/C=C(\C)C[C@H](/C=C(\C)CBr)OC(C)=O. The first-order chi connectivity index (χ1) is 8.85. The number of hydrogen-bond donors (Lipinski definition) is 0. The summed E-state index contributed by atoms with van der Waals surface area (Å²) < 4.78 is 10.1. The van der Waals surface area contributed by atoms with Gasteiger partial charge in [0.05, 0.1) is 0 Å². The molecule has 1 atom stereocenters. The van der Waals surface area contributed by atoms with Gasteiger partial charge in [0.2, 0.25) is 0 Å². The van der Waals surface area contributed by atoms with Crippen molar-refractivity contribution in [1.82, 2.24) is 0 Å². The normalized spacial score (nSPS) is 13.9. The van der Waals surface area contributed by atoms with Gasteiger partial charge in [-0.15, -0.1) is 0 Å². The van der Waals surface area contributed by atoms with Crippen molar-refractivity contribution in [2.45, 2.75) is 40.2 Å². The van der Waals surface area contributed by atoms with Gasteiger partial charge in [-0.2, -0.15) is 0 Å². The number of carbonyl (C=O) groups is 2. The molecule has 0 unspecified atom stereocenters. The van der Waals surface area contributed by atoms with E-state index in [-0.39, 0.29) is 24.6 Å². The van der Waals surface area contributed by atoms with Crippen LogP contribution >= 0.6 is 15.9 Å². The summed E-state index contributed by atoms with van der Waals surface area (Å²) in [5, 5.41) is 0.737. The van der Waals surface area contributed by atoms with Crippen molar-refractivity contribution >= 4 is 27.9 Å². The lowest BCUT2D eigenvalue weighted by atomic mass is 10.1. The van der Waals surface area contributed by atoms with Gasteiger partial charge in [-0.05, 0) is 26.0 Å². The van der Waals surface area contributed by atoms with E-state index in [0.29, 0.717) is 6.42 Å². The molecule has 0 saturated heterocycles. The van der Waals surface area contributed by atoms with Crippen LogP contribution in [0.25, 0.3) is 0 Å². The van der Waals surface area contributed by atoms with E-state index in [9.17, 15) is 9.59 Å². The number of hydrogen-bond acceptors (Lipinski definition) is 4. The van der Waals surface area contributed by atoms with Gasteiger partial charge in [-0.3, -0.25) is 9.59 Å². The van der Waals surface area contributed by atoms with Crippen LogP contribution in [0.2, 0.25) is 0 Å². The van der Waals surface area contributed by atoms with E-state index in [2.05, 4.69) is 15.9 Å². The Balaban J connectivity index is 4.53. The minimum atomic E-state index is -0.310. The zero-order chi connectivity index (χ0) is 14.8. The first-order valence-electron chi connectivity index (χ1n) is 6.04. The maximum absolute atomic E-state index is 11.1. The van der Waals surface area contributed by atoms with Gasteiger partial charge in [0, 0.05) is 25.6 Å². The second-order valence-electron chi connectivity index (χ2n) is 4.35. The highest BCUT2D eigenvalue weighted by atomic mass is 79.9. The molecule has 0 rings (SSSR count). The number of esters is 2. The molecule has 0 saturated carbocycles. The van der Waals surface area contributed by atoms with Crippen LogP contribution in [0.1, 0.15) is 34.1 Å². The maximum Gasteiger partial charge on any atom is 0.303 e. The van der Waals surface area contributed by atoms with Crippen molar-refractivity contribution < 1.29 is 19.1 Å². The maximum atomic E-state index is 11.1. The lowest BCUT2D eigenvalue weighted by Crippen LogP contribution is -2.15. The first-order valence-corrected chi connectivity index (χ1v) is 7.16. The molecule has 0 bridgehead atoms. The molecule has 108 valence electrons. The quantitative estimate of drug-likeness (QED) is 0.408. The molecule has 5 heteroatoms. The predicted molar refractivity (Wildman–Crippen MR) is 78.1 cm³/mol. The second-order valence-corrected chi connectivity index (χ2v) is 4.91. The Morgan fingerprint density at radius 3 is 2.21 bits per heavy atom. The van der Waals surface area contributed by atoms with Crippen molar-refractivity contribution in [3.8, 4) is 0 Å². The van der Waals surface area contributed by atoms with Crippen LogP contribution in [-0.4, -0.2) is 30.0 Å². The van der Waals surface area contributed by atoms with Gasteiger partial charge in [0.15, 0.2) is 0 Å². The molecule has 0 radical (unpaired) electrons. The van der Waals surface area contributed by atoms with Gasteiger partial charge < -0.3 is 9.47 Å². The largest absolute Gasteiger partial charge is 0.462 e. The minimum Gasteiger partial charge on any atom is -0.462 e. The molecule has 0 aromatic carbocycles. The summed E-state index contributed by atoms with van der Waals surface area (Å²) in [4.78, 5) is 21.7. The zero-order valence-electron chi connectivity index (χ0n) is 11.9. The molecule has 0 amide bonds. The van der Waals surface area contributed by atoms with Crippen LogP contribution in [0, 0.1) is 0 Å². The highest BCUT2D eigenvalue weighted by Gasteiger charge is 2.10. The summed E-state index contributed by atoms with van der Waals surface area (Å²) in [5.74, 6) is -0.618. The van der Waals surface area contributed by atoms with E-state index in [0.717, 1.165) is 16.5 Å². The molecule has 19 heavy (non-hydrogen) atoms. The lowest BCUT2D eigenvalue weighted by Gasteiger charge is -2.14. The fraction of sp³-hybridized carbons (Fsp3) is 0.571. The molecule has 0 N–H and O–H groups in total. The van der Waals surface area contributed by atoms with E-state index in [1.54, 1.807) is 0 Å². The number of halogens is 1. The van der Waals surface area contributed by atoms with Gasteiger partial charge >= 0.3 is 11.9 Å². The van der Waals surface area contributed by atoms with E-state index in [1.165, 1.54) is 13.8 Å². The van der Waals surface area contributed by atoms with Crippen LogP contribution < -0.4 is 0 Å². The Bertz CT molecular complexity index is 372. The molecule has 4 nitrogen and oxygen atoms in total. The predicted octanol–water partition coefficient (Wildman–Crippen LogP) is 3.16. The van der Waals surface area contributed by atoms with E-state index in [4.69, 9.17) is 9.47 Å². The van der Waals surface area contributed by atoms with E-state index >= 15 is 0 Å². The highest BCUT2D eigenvalue weighted by Crippen LogP contribution is 2.13. The summed E-state index contributed by atoms with van der Waals surface area (Å²) >= 11 is 3.35. The topological polar surface area (TPSA) is 52.6 Å². The van der Waals surface area contributed by atoms with Crippen LogP contribution in [0.4, 0.5) is 0 Å². The Morgan fingerprint density at radius 1 is 1.11 bits per heavy atom. The van der Waals surface area contributed by atoms with Crippen LogP contribution in [0.3, 0.4) is 0 Å². The van der Waals surface area contributed by atoms with Crippen LogP contribution in [0.15, 0.2) is 23.3 Å². The highest BCUT2D eigenvalue weighted by molar-refractivity contribution is 9.09. The lowest BCUT2D eigenvalue weighted by molar-refractivity contribution is -0.144. The third-order valence-electron chi connectivity index (χ3n) is 2.24. The van der Waals surface area contributed by atoms with Gasteiger partial charge in [0.25, 0.3) is 0 Å². The third-order valence-corrected chi connectivity index (χ3v) is 3.12. The number of carbonyl (C=O) groups excluding carboxylic acids is 2. The van der Waals surface area contributed by atoms with Gasteiger partial charge in [0.1, 0.15) is 12.7 Å². The standard InChI is InChI=1S/C14H21BrO4/c1-10(5-6-18-12(3)16)7-14(19-13(4)17)8-11(2)9-15/h5,8,14H,6-7,9H2,1-4H3/b10-5+,11-8+/t14-/m1/s1. The van der Waals surface area contributed by atoms with Crippen molar-refractivity contribution in [3.63, 3.8) is 0 Å². The summed E-state index contributed by atoms with van der Waals surface area (Å²) in [7, 11) is 0. The number of alkyl halides is 1. The van der Waals surface area contributed by atoms with Crippen molar-refractivity contribution in [1.29, 1.82) is 0 Å². The molecular weight excluding hydrogens is 312 g/mol. The zero-order valence-corrected chi connectivity index (χ0v) is 13.5. The molecular formula is C14H21BrO4. The summed E-state index contributed by atoms with van der Waals surface area (Å²) in [6.07, 6.45) is 4.03. The second kappa shape index (κ2) is 9.78. The first kappa shape index (κ1) is 17.9. The van der Waals surface area contributed by atoms with Gasteiger partial charge in [-0.1, -0.05) is 27.1 Å². The van der Waals surface area contributed by atoms with Crippen molar-refractivity contribution in [2.24, 2.45) is 0 Å². The van der Waals surface area contributed by atoms with Crippen molar-refractivity contribution in [3.05, 3.63) is 23.3 Å². The average Bonchev–Trinajstić information content (AvgIpc) is 2.27. The summed E-state index contributed by atoms with van der Waals surface area (Å²) in [6.45, 7) is 6.88. The Morgan fingerprint density at radius 2 is 1.74 bits per heavy atom. The summed E-state index contributed by atoms with van der Waals surface area (Å²) in [6, 6.07) is 0. The molecule has 0 fully saturated rings. The number of rotatable bonds is 7. The monoisotopic (exact) mass is 332 g/mol. The smallest absolute Gasteiger partial charge is 0.303 e. The Hall–Kier alpha value is -1.10. The van der Waals surface area contributed by atoms with Crippen LogP contribution in [0.5, 0.6) is 0 Å². The molecule has 0 spiro atoms. The average molecular weight is 333 g/mol. The fourth-order valence-electron chi connectivity index (χ4n) is 1.41. The van der Waals surface area contributed by atoms with Crippen molar-refractivity contribution in [2.75, 3.05) is 11.9 Å². The van der Waals surface area contributed by atoms with E-state index in [1.807, 2.05) is 26.0 Å². The minimum absolute atomic E-state index is 0.245. The molecule has 0 aliphatic heterocycles. The van der Waals surface area contributed by atoms with Gasteiger partial charge in [-0.25, -0.2) is 0 Å². The molecule has 0 aliphatic carbocycles. The molecule has 0 aromatic heterocycles. The fourth-order valence-corrected chi connectivity index (χ4v) is 1.60. The summed E-state index contributed by atoms with van der Waals surface area (Å²) in [5.41, 5.74) is 2.10. The Kier molecular flexibility index (Phi) is 9.21. The molecule has 0 aliphatic rings. The van der Waals surface area contributed by atoms with Crippen LogP contribution in [-0.2, 0) is 19.1 Å². The number of ether oxygens (including phenoxy) is 2. The molecule has 0 aromatic rings. The Labute approximate surface area is 123 Å². The number of allylic oxidation sites excluding steroid dienone is 1. The molecule has 0 heterocycles. The van der Waals surface area contributed by atoms with E-state index < -0.39 is 0 Å².